The lowest BCUT2D eigenvalue weighted by Crippen LogP contribution is -2.29. The van der Waals surface area contributed by atoms with Crippen LogP contribution in [0.2, 0.25) is 0 Å². The van der Waals surface area contributed by atoms with Gasteiger partial charge in [-0.1, -0.05) is 6.07 Å². The van der Waals surface area contributed by atoms with Crippen molar-refractivity contribution < 1.29 is 9.59 Å². The van der Waals surface area contributed by atoms with Gasteiger partial charge in [-0.2, -0.15) is 0 Å². The highest BCUT2D eigenvalue weighted by Gasteiger charge is 2.19. The van der Waals surface area contributed by atoms with Crippen LogP contribution in [0.3, 0.4) is 0 Å². The Hall–Kier alpha value is -2.45. The van der Waals surface area contributed by atoms with Crippen LogP contribution in [0.1, 0.15) is 24.3 Å². The Kier molecular flexibility index (Phi) is 5.07. The zero-order valence-electron chi connectivity index (χ0n) is 12.9. The predicted octanol–water partition coefficient (Wildman–Crippen LogP) is 3.41. The van der Waals surface area contributed by atoms with Crippen LogP contribution in [-0.4, -0.2) is 21.8 Å². The van der Waals surface area contributed by atoms with Crippen molar-refractivity contribution in [1.29, 1.82) is 0 Å². The van der Waals surface area contributed by atoms with Gasteiger partial charge in [0.1, 0.15) is 0 Å². The number of nitrogens with zero attached hydrogens (tertiary/aromatic N) is 1. The molecular formula is C16H16N4O2S2. The van der Waals surface area contributed by atoms with Crippen LogP contribution >= 0.6 is 22.7 Å². The lowest BCUT2D eigenvalue weighted by Gasteiger charge is -2.15. The number of carbonyl (C=O) groups excluding carboxylic acids is 2. The van der Waals surface area contributed by atoms with Crippen molar-refractivity contribution in [3.8, 4) is 11.4 Å². The molecule has 0 bridgehead atoms. The lowest BCUT2D eigenvalue weighted by atomic mass is 10.1. The van der Waals surface area contributed by atoms with E-state index in [-0.39, 0.29) is 24.3 Å². The van der Waals surface area contributed by atoms with E-state index in [1.54, 1.807) is 0 Å². The summed E-state index contributed by atoms with van der Waals surface area (Å²) in [5, 5.41) is 9.96. The van der Waals surface area contributed by atoms with Crippen LogP contribution < -0.4 is 10.6 Å². The Balaban J connectivity index is 1.64. The Morgan fingerprint density at radius 3 is 2.83 bits per heavy atom. The summed E-state index contributed by atoms with van der Waals surface area (Å²) >= 11 is 2.88. The number of aromatic amines is 1. The van der Waals surface area contributed by atoms with Gasteiger partial charge < -0.3 is 15.6 Å². The maximum absolute atomic E-state index is 12.3. The van der Waals surface area contributed by atoms with Gasteiger partial charge in [0, 0.05) is 23.4 Å². The van der Waals surface area contributed by atoms with E-state index in [1.165, 1.54) is 29.6 Å². The zero-order valence-corrected chi connectivity index (χ0v) is 14.5. The third-order valence-electron chi connectivity index (χ3n) is 3.28. The maximum atomic E-state index is 12.3. The average molecular weight is 360 g/mol. The van der Waals surface area contributed by atoms with E-state index in [9.17, 15) is 9.59 Å². The molecule has 0 fully saturated rings. The van der Waals surface area contributed by atoms with E-state index in [0.717, 1.165) is 16.3 Å². The van der Waals surface area contributed by atoms with Crippen molar-refractivity contribution in [2.24, 2.45) is 0 Å². The topological polar surface area (TPSA) is 86.9 Å². The predicted molar refractivity (Wildman–Crippen MR) is 96.0 cm³/mol. The molecule has 0 saturated heterocycles. The standard InChI is InChI=1S/C16H16N4O2S2/c1-10(21)18-12(14-5-3-7-23-14)8-15(22)20-16-19-13(9-24-16)11-4-2-6-17-11/h2-7,9,12,17H,8H2,1H3,(H,18,21)(H,19,20,22)/t12-/m1/s1. The van der Waals surface area contributed by atoms with E-state index >= 15 is 0 Å². The first-order valence-electron chi connectivity index (χ1n) is 7.31. The van der Waals surface area contributed by atoms with Crippen LogP contribution in [0.15, 0.2) is 41.2 Å². The summed E-state index contributed by atoms with van der Waals surface area (Å²) in [6, 6.07) is 7.29. The van der Waals surface area contributed by atoms with E-state index < -0.39 is 0 Å². The summed E-state index contributed by atoms with van der Waals surface area (Å²) in [7, 11) is 0. The number of thiazole rings is 1. The van der Waals surface area contributed by atoms with Crippen LogP contribution in [0.4, 0.5) is 5.13 Å². The summed E-state index contributed by atoms with van der Waals surface area (Å²) in [6.07, 6.45) is 1.99. The molecule has 8 heteroatoms. The number of H-pyrrole nitrogens is 1. The van der Waals surface area contributed by atoms with Crippen LogP contribution in [0.5, 0.6) is 0 Å². The second-order valence-electron chi connectivity index (χ2n) is 5.14. The molecule has 0 unspecified atom stereocenters. The fraction of sp³-hybridized carbons (Fsp3) is 0.188. The molecule has 0 aromatic carbocycles. The average Bonchev–Trinajstić information content (AvgIpc) is 3.28. The molecule has 1 atom stereocenters. The highest BCUT2D eigenvalue weighted by Crippen LogP contribution is 2.25. The van der Waals surface area contributed by atoms with Crippen molar-refractivity contribution in [2.75, 3.05) is 5.32 Å². The minimum atomic E-state index is -0.328. The van der Waals surface area contributed by atoms with Gasteiger partial charge in [-0.25, -0.2) is 4.98 Å². The first-order chi connectivity index (χ1) is 11.6. The Morgan fingerprint density at radius 1 is 1.29 bits per heavy atom. The number of amides is 2. The molecule has 2 amide bonds. The fourth-order valence-corrected chi connectivity index (χ4v) is 3.76. The molecular weight excluding hydrogens is 344 g/mol. The maximum Gasteiger partial charge on any atom is 0.228 e. The second-order valence-corrected chi connectivity index (χ2v) is 6.98. The van der Waals surface area contributed by atoms with Gasteiger partial charge in [0.15, 0.2) is 5.13 Å². The molecule has 0 aliphatic heterocycles. The van der Waals surface area contributed by atoms with Gasteiger partial charge >= 0.3 is 0 Å². The van der Waals surface area contributed by atoms with Gasteiger partial charge in [-0.3, -0.25) is 9.59 Å². The van der Waals surface area contributed by atoms with E-state index in [2.05, 4.69) is 20.6 Å². The third-order valence-corrected chi connectivity index (χ3v) is 5.02. The normalized spacial score (nSPS) is 11.9. The fourth-order valence-electron chi connectivity index (χ4n) is 2.26. The van der Waals surface area contributed by atoms with Crippen LogP contribution in [0.25, 0.3) is 11.4 Å². The van der Waals surface area contributed by atoms with Crippen LogP contribution in [-0.2, 0) is 9.59 Å². The molecule has 0 spiro atoms. The number of hydrogen-bond acceptors (Lipinski definition) is 5. The number of aromatic nitrogens is 2. The molecule has 3 rings (SSSR count). The summed E-state index contributed by atoms with van der Waals surface area (Å²) < 4.78 is 0. The lowest BCUT2D eigenvalue weighted by molar-refractivity contribution is -0.120. The molecule has 24 heavy (non-hydrogen) atoms. The molecule has 3 aromatic rings. The molecule has 0 aliphatic carbocycles. The summed E-state index contributed by atoms with van der Waals surface area (Å²) in [6.45, 7) is 1.45. The Bertz CT molecular complexity index is 809. The number of hydrogen-bond donors (Lipinski definition) is 3. The molecule has 0 aliphatic rings. The highest BCUT2D eigenvalue weighted by molar-refractivity contribution is 7.14. The minimum absolute atomic E-state index is 0.163. The van der Waals surface area contributed by atoms with E-state index in [4.69, 9.17) is 0 Å². The van der Waals surface area contributed by atoms with E-state index in [0.29, 0.717) is 5.13 Å². The molecule has 0 radical (unpaired) electrons. The van der Waals surface area contributed by atoms with Gasteiger partial charge in [0.25, 0.3) is 0 Å². The Morgan fingerprint density at radius 2 is 2.17 bits per heavy atom. The SMILES string of the molecule is CC(=O)N[C@H](CC(=O)Nc1nc(-c2ccc[nH]2)cs1)c1cccs1. The molecule has 124 valence electrons. The zero-order chi connectivity index (χ0) is 16.9. The van der Waals surface area contributed by atoms with E-state index in [1.807, 2.05) is 41.2 Å². The minimum Gasteiger partial charge on any atom is -0.360 e. The highest BCUT2D eigenvalue weighted by atomic mass is 32.1. The van der Waals surface area contributed by atoms with Gasteiger partial charge in [0.05, 0.1) is 23.9 Å². The monoisotopic (exact) mass is 360 g/mol. The van der Waals surface area contributed by atoms with Gasteiger partial charge in [-0.05, 0) is 23.6 Å². The second kappa shape index (κ2) is 7.41. The first-order valence-corrected chi connectivity index (χ1v) is 9.07. The third kappa shape index (κ3) is 4.09. The number of rotatable bonds is 6. The quantitative estimate of drug-likeness (QED) is 0.629. The van der Waals surface area contributed by atoms with Crippen molar-refractivity contribution in [1.82, 2.24) is 15.3 Å². The molecule has 3 aromatic heterocycles. The molecule has 3 heterocycles. The summed E-state index contributed by atoms with van der Waals surface area (Å²) in [5.74, 6) is -0.348. The Labute approximate surface area is 147 Å². The summed E-state index contributed by atoms with van der Waals surface area (Å²) in [5.41, 5.74) is 1.69. The molecule has 3 N–H and O–H groups in total. The molecule has 0 saturated carbocycles. The molecule has 6 nitrogen and oxygen atoms in total. The number of carbonyl (C=O) groups is 2. The van der Waals surface area contributed by atoms with Crippen molar-refractivity contribution in [3.63, 3.8) is 0 Å². The van der Waals surface area contributed by atoms with Crippen molar-refractivity contribution >= 4 is 39.6 Å². The number of thiophene rings is 1. The van der Waals surface area contributed by atoms with Crippen molar-refractivity contribution in [3.05, 3.63) is 46.1 Å². The van der Waals surface area contributed by atoms with Gasteiger partial charge in [0.2, 0.25) is 11.8 Å². The first kappa shape index (κ1) is 16.4. The van der Waals surface area contributed by atoms with Gasteiger partial charge in [-0.15, -0.1) is 22.7 Å². The smallest absolute Gasteiger partial charge is 0.228 e. The van der Waals surface area contributed by atoms with Crippen molar-refractivity contribution in [2.45, 2.75) is 19.4 Å². The number of anilines is 1. The van der Waals surface area contributed by atoms with Crippen LogP contribution in [0, 0.1) is 0 Å². The summed E-state index contributed by atoms with van der Waals surface area (Å²) in [4.78, 5) is 32.1. The largest absolute Gasteiger partial charge is 0.360 e. The number of nitrogens with one attached hydrogen (secondary N) is 3.